The van der Waals surface area contributed by atoms with Crippen LogP contribution in [0, 0.1) is 0 Å². The van der Waals surface area contributed by atoms with Crippen LogP contribution in [0.25, 0.3) is 0 Å². The lowest BCUT2D eigenvalue weighted by molar-refractivity contribution is 0.526. The zero-order valence-electron chi connectivity index (χ0n) is 13.3. The predicted octanol–water partition coefficient (Wildman–Crippen LogP) is 2.07. The Balaban J connectivity index is 1.83. The first kappa shape index (κ1) is 18.4. The molecule has 2 unspecified atom stereocenters. The highest BCUT2D eigenvalue weighted by molar-refractivity contribution is 7.96. The van der Waals surface area contributed by atoms with Crippen LogP contribution in [0.1, 0.15) is 5.56 Å². The average molecular weight is 400 g/mol. The molecule has 1 fully saturated rings. The molecule has 134 valence electrons. The SMILES string of the molecule is O=S1(=O)CC(NCc2ccc(Cl)cc2)C(S(=O)(=O)c2ccccc2)C1. The van der Waals surface area contributed by atoms with Gasteiger partial charge in [0.2, 0.25) is 0 Å². The lowest BCUT2D eigenvalue weighted by Crippen LogP contribution is -2.43. The average Bonchev–Trinajstić information content (AvgIpc) is 2.91. The Morgan fingerprint density at radius 2 is 1.64 bits per heavy atom. The summed E-state index contributed by atoms with van der Waals surface area (Å²) >= 11 is 5.85. The maximum atomic E-state index is 12.9. The second kappa shape index (κ2) is 7.07. The molecular formula is C17H18ClNO4S2. The maximum Gasteiger partial charge on any atom is 0.183 e. The largest absolute Gasteiger partial charge is 0.308 e. The number of halogens is 1. The summed E-state index contributed by atoms with van der Waals surface area (Å²) in [5.41, 5.74) is 0.907. The van der Waals surface area contributed by atoms with E-state index in [4.69, 9.17) is 11.6 Å². The van der Waals surface area contributed by atoms with Crippen molar-refractivity contribution in [2.24, 2.45) is 0 Å². The van der Waals surface area contributed by atoms with Gasteiger partial charge in [-0.15, -0.1) is 0 Å². The maximum absolute atomic E-state index is 12.9. The summed E-state index contributed by atoms with van der Waals surface area (Å²) in [5.74, 6) is -0.542. The molecule has 1 N–H and O–H groups in total. The molecule has 0 bridgehead atoms. The summed E-state index contributed by atoms with van der Waals surface area (Å²) in [7, 11) is -7.14. The number of rotatable bonds is 5. The molecular weight excluding hydrogens is 382 g/mol. The zero-order chi connectivity index (χ0) is 18.1. The summed E-state index contributed by atoms with van der Waals surface area (Å²) in [6.45, 7) is 0.373. The summed E-state index contributed by atoms with van der Waals surface area (Å²) in [5, 5.41) is 2.71. The monoisotopic (exact) mass is 399 g/mol. The van der Waals surface area contributed by atoms with Gasteiger partial charge in [-0.25, -0.2) is 16.8 Å². The number of hydrogen-bond acceptors (Lipinski definition) is 5. The molecule has 0 spiro atoms. The number of benzene rings is 2. The van der Waals surface area contributed by atoms with Gasteiger partial charge >= 0.3 is 0 Å². The highest BCUT2D eigenvalue weighted by Crippen LogP contribution is 2.26. The lowest BCUT2D eigenvalue weighted by Gasteiger charge is -2.20. The van der Waals surface area contributed by atoms with Crippen LogP contribution in [-0.4, -0.2) is 39.6 Å². The normalized spacial score (nSPS) is 22.8. The molecule has 3 rings (SSSR count). The Morgan fingerprint density at radius 3 is 2.28 bits per heavy atom. The van der Waals surface area contributed by atoms with Crippen molar-refractivity contribution in [2.75, 3.05) is 11.5 Å². The first-order valence-electron chi connectivity index (χ1n) is 7.75. The van der Waals surface area contributed by atoms with Crippen LogP contribution in [-0.2, 0) is 26.2 Å². The molecule has 1 aliphatic rings. The van der Waals surface area contributed by atoms with E-state index in [9.17, 15) is 16.8 Å². The van der Waals surface area contributed by atoms with E-state index in [-0.39, 0.29) is 16.4 Å². The van der Waals surface area contributed by atoms with E-state index in [2.05, 4.69) is 5.32 Å². The predicted molar refractivity (Wildman–Crippen MR) is 98.1 cm³/mol. The minimum Gasteiger partial charge on any atom is -0.308 e. The van der Waals surface area contributed by atoms with E-state index >= 15 is 0 Å². The van der Waals surface area contributed by atoms with Crippen LogP contribution in [0.2, 0.25) is 5.02 Å². The number of sulfone groups is 2. The molecule has 25 heavy (non-hydrogen) atoms. The van der Waals surface area contributed by atoms with Crippen molar-refractivity contribution in [3.63, 3.8) is 0 Å². The minimum absolute atomic E-state index is 0.149. The molecule has 0 radical (unpaired) electrons. The Bertz CT molecular complexity index is 942. The van der Waals surface area contributed by atoms with Crippen molar-refractivity contribution >= 4 is 31.3 Å². The smallest absolute Gasteiger partial charge is 0.183 e. The zero-order valence-corrected chi connectivity index (χ0v) is 15.7. The van der Waals surface area contributed by atoms with E-state index < -0.39 is 31.0 Å². The molecule has 2 aromatic carbocycles. The van der Waals surface area contributed by atoms with Gasteiger partial charge in [0.1, 0.15) is 0 Å². The van der Waals surface area contributed by atoms with Crippen LogP contribution in [0.4, 0.5) is 0 Å². The fourth-order valence-corrected chi connectivity index (χ4v) is 7.81. The Hall–Kier alpha value is -1.41. The quantitative estimate of drug-likeness (QED) is 0.832. The molecule has 2 atom stereocenters. The third kappa shape index (κ3) is 4.23. The summed E-state index contributed by atoms with van der Waals surface area (Å²) < 4.78 is 49.9. The second-order valence-electron chi connectivity index (χ2n) is 6.09. The van der Waals surface area contributed by atoms with Crippen molar-refractivity contribution in [3.8, 4) is 0 Å². The molecule has 0 aliphatic carbocycles. The van der Waals surface area contributed by atoms with Crippen LogP contribution in [0.5, 0.6) is 0 Å². The third-order valence-corrected chi connectivity index (χ3v) is 8.67. The molecule has 8 heteroatoms. The topological polar surface area (TPSA) is 80.3 Å². The van der Waals surface area contributed by atoms with E-state index in [0.29, 0.717) is 11.6 Å². The Labute approximate surface area is 152 Å². The summed E-state index contributed by atoms with van der Waals surface area (Å²) in [4.78, 5) is 0.149. The second-order valence-corrected chi connectivity index (χ2v) is 10.8. The van der Waals surface area contributed by atoms with Crippen molar-refractivity contribution in [2.45, 2.75) is 22.7 Å². The molecule has 1 aliphatic heterocycles. The van der Waals surface area contributed by atoms with Crippen molar-refractivity contribution in [3.05, 3.63) is 65.2 Å². The standard InChI is InChI=1S/C17H18ClNO4S2/c18-14-8-6-13(7-9-14)10-19-16-11-24(20,21)12-17(16)25(22,23)15-4-2-1-3-5-15/h1-9,16-17,19H,10-12H2. The van der Waals surface area contributed by atoms with Gasteiger partial charge in [-0.3, -0.25) is 0 Å². The fourth-order valence-electron chi connectivity index (χ4n) is 2.95. The van der Waals surface area contributed by atoms with E-state index in [1.807, 2.05) is 12.1 Å². The van der Waals surface area contributed by atoms with E-state index in [0.717, 1.165) is 5.56 Å². The van der Waals surface area contributed by atoms with Crippen LogP contribution in [0.3, 0.4) is 0 Å². The first-order valence-corrected chi connectivity index (χ1v) is 11.5. The summed E-state index contributed by atoms with van der Waals surface area (Å²) in [6.07, 6.45) is 0. The van der Waals surface area contributed by atoms with Crippen molar-refractivity contribution in [1.29, 1.82) is 0 Å². The van der Waals surface area contributed by atoms with Gasteiger partial charge in [0, 0.05) is 17.6 Å². The lowest BCUT2D eigenvalue weighted by atomic mass is 10.2. The van der Waals surface area contributed by atoms with E-state index in [1.165, 1.54) is 12.1 Å². The highest BCUT2D eigenvalue weighted by atomic mass is 35.5. The Kier molecular flexibility index (Phi) is 5.20. The number of nitrogens with one attached hydrogen (secondary N) is 1. The fraction of sp³-hybridized carbons (Fsp3) is 0.294. The molecule has 1 heterocycles. The third-order valence-electron chi connectivity index (χ3n) is 4.25. The van der Waals surface area contributed by atoms with Gasteiger partial charge in [0.05, 0.1) is 21.7 Å². The van der Waals surface area contributed by atoms with Gasteiger partial charge < -0.3 is 5.32 Å². The van der Waals surface area contributed by atoms with Crippen molar-refractivity contribution in [1.82, 2.24) is 5.32 Å². The van der Waals surface area contributed by atoms with Crippen LogP contribution >= 0.6 is 11.6 Å². The van der Waals surface area contributed by atoms with E-state index in [1.54, 1.807) is 30.3 Å². The van der Waals surface area contributed by atoms with Gasteiger partial charge in [-0.2, -0.15) is 0 Å². The molecule has 0 amide bonds. The molecule has 0 aromatic heterocycles. The number of hydrogen-bond donors (Lipinski definition) is 1. The minimum atomic E-state index is -3.73. The van der Waals surface area contributed by atoms with Gasteiger partial charge in [-0.05, 0) is 29.8 Å². The van der Waals surface area contributed by atoms with Crippen molar-refractivity contribution < 1.29 is 16.8 Å². The molecule has 2 aromatic rings. The van der Waals surface area contributed by atoms with Gasteiger partial charge in [0.25, 0.3) is 0 Å². The van der Waals surface area contributed by atoms with Gasteiger partial charge in [0.15, 0.2) is 19.7 Å². The van der Waals surface area contributed by atoms with Crippen LogP contribution < -0.4 is 5.32 Å². The highest BCUT2D eigenvalue weighted by Gasteiger charge is 2.45. The molecule has 5 nitrogen and oxygen atoms in total. The first-order chi connectivity index (χ1) is 11.8. The molecule has 1 saturated heterocycles. The van der Waals surface area contributed by atoms with Gasteiger partial charge in [-0.1, -0.05) is 41.9 Å². The summed E-state index contributed by atoms with van der Waals surface area (Å²) in [6, 6.07) is 14.4. The Morgan fingerprint density at radius 1 is 1.00 bits per heavy atom. The molecule has 0 saturated carbocycles. The van der Waals surface area contributed by atoms with Crippen LogP contribution in [0.15, 0.2) is 59.5 Å².